The number of rotatable bonds is 8. The molecule has 7 heteroatoms. The summed E-state index contributed by atoms with van der Waals surface area (Å²) in [7, 11) is 3.12. The Labute approximate surface area is 117 Å². The largest absolute Gasteiger partial charge is 0.383 e. The van der Waals surface area contributed by atoms with Gasteiger partial charge < -0.3 is 20.1 Å². The average molecular weight is 281 g/mol. The number of hydrogen-bond acceptors (Lipinski definition) is 5. The number of hydrogen-bond donors (Lipinski definition) is 2. The summed E-state index contributed by atoms with van der Waals surface area (Å²) in [4.78, 5) is 27.3. The van der Waals surface area contributed by atoms with Crippen LogP contribution >= 0.6 is 0 Å². The molecule has 0 aliphatic heterocycles. The van der Waals surface area contributed by atoms with E-state index < -0.39 is 0 Å². The van der Waals surface area contributed by atoms with E-state index in [4.69, 9.17) is 9.47 Å². The van der Waals surface area contributed by atoms with Crippen molar-refractivity contribution in [3.63, 3.8) is 0 Å². The zero-order valence-electron chi connectivity index (χ0n) is 11.6. The Hall–Kier alpha value is -1.99. The molecule has 0 saturated carbocycles. The van der Waals surface area contributed by atoms with Crippen molar-refractivity contribution in [3.8, 4) is 0 Å². The molecule has 7 nitrogen and oxygen atoms in total. The average Bonchev–Trinajstić information content (AvgIpc) is 2.47. The second-order valence-corrected chi connectivity index (χ2v) is 3.93. The molecule has 0 aliphatic carbocycles. The lowest BCUT2D eigenvalue weighted by molar-refractivity contribution is 0.0921. The zero-order chi connectivity index (χ0) is 14.8. The Kier molecular flexibility index (Phi) is 7.23. The Morgan fingerprint density at radius 2 is 1.65 bits per heavy atom. The van der Waals surface area contributed by atoms with Gasteiger partial charge in [0.25, 0.3) is 11.8 Å². The smallest absolute Gasteiger partial charge is 0.269 e. The molecule has 0 unspecified atom stereocenters. The van der Waals surface area contributed by atoms with Crippen LogP contribution < -0.4 is 10.6 Å². The lowest BCUT2D eigenvalue weighted by Crippen LogP contribution is -2.29. The van der Waals surface area contributed by atoms with Crippen LogP contribution in [0.3, 0.4) is 0 Å². The molecule has 110 valence electrons. The van der Waals surface area contributed by atoms with Crippen LogP contribution in [0.15, 0.2) is 18.3 Å². The van der Waals surface area contributed by atoms with Gasteiger partial charge in [0.05, 0.1) is 18.8 Å². The van der Waals surface area contributed by atoms with Gasteiger partial charge in [-0.15, -0.1) is 0 Å². The summed E-state index contributed by atoms with van der Waals surface area (Å²) in [5, 5.41) is 5.32. The maximum absolute atomic E-state index is 11.7. The van der Waals surface area contributed by atoms with E-state index in [2.05, 4.69) is 15.6 Å². The number of nitrogens with zero attached hydrogens (tertiary/aromatic N) is 1. The molecule has 0 fully saturated rings. The number of carbonyl (C=O) groups is 2. The number of amides is 2. The molecule has 1 aromatic rings. The van der Waals surface area contributed by atoms with E-state index in [0.717, 1.165) is 0 Å². The fourth-order valence-corrected chi connectivity index (χ4v) is 1.39. The third-order valence-electron chi connectivity index (χ3n) is 2.44. The molecule has 2 N–H and O–H groups in total. The van der Waals surface area contributed by atoms with Crippen molar-refractivity contribution in [2.75, 3.05) is 40.5 Å². The van der Waals surface area contributed by atoms with Gasteiger partial charge in [-0.05, 0) is 12.1 Å². The highest BCUT2D eigenvalue weighted by molar-refractivity contribution is 5.96. The molecule has 0 bridgehead atoms. The van der Waals surface area contributed by atoms with Crippen molar-refractivity contribution < 1.29 is 19.1 Å². The molecule has 0 aliphatic rings. The summed E-state index contributed by atoms with van der Waals surface area (Å²) in [5.74, 6) is -0.547. The molecule has 1 aromatic heterocycles. The van der Waals surface area contributed by atoms with Crippen LogP contribution in [0.2, 0.25) is 0 Å². The molecule has 0 aromatic carbocycles. The molecule has 20 heavy (non-hydrogen) atoms. The minimum absolute atomic E-state index is 0.249. The van der Waals surface area contributed by atoms with Crippen LogP contribution in [-0.4, -0.2) is 57.3 Å². The Balaban J connectivity index is 2.50. The standard InChI is InChI=1S/C13H19N3O4/c1-19-7-5-14-12(17)10-3-4-11(16-9-10)13(18)15-6-8-20-2/h3-4,9H,5-8H2,1-2H3,(H,14,17)(H,15,18). The van der Waals surface area contributed by atoms with Gasteiger partial charge in [0.1, 0.15) is 5.69 Å². The van der Waals surface area contributed by atoms with Gasteiger partial charge in [-0.3, -0.25) is 14.6 Å². The van der Waals surface area contributed by atoms with Crippen molar-refractivity contribution >= 4 is 11.8 Å². The predicted octanol–water partition coefficient (Wildman–Crippen LogP) is -0.166. The molecular weight excluding hydrogens is 262 g/mol. The van der Waals surface area contributed by atoms with Gasteiger partial charge in [0, 0.05) is 33.5 Å². The highest BCUT2D eigenvalue weighted by Crippen LogP contribution is 2.00. The molecule has 1 rings (SSSR count). The van der Waals surface area contributed by atoms with Crippen LogP contribution in [-0.2, 0) is 9.47 Å². The Morgan fingerprint density at radius 1 is 1.05 bits per heavy atom. The number of aromatic nitrogens is 1. The van der Waals surface area contributed by atoms with Crippen molar-refractivity contribution in [1.82, 2.24) is 15.6 Å². The zero-order valence-corrected chi connectivity index (χ0v) is 11.6. The summed E-state index contributed by atoms with van der Waals surface area (Å²) < 4.78 is 9.66. The first-order chi connectivity index (χ1) is 9.69. The molecule has 0 saturated heterocycles. The number of pyridine rings is 1. The van der Waals surface area contributed by atoms with Crippen LogP contribution in [0.4, 0.5) is 0 Å². The van der Waals surface area contributed by atoms with Crippen LogP contribution in [0, 0.1) is 0 Å². The first-order valence-corrected chi connectivity index (χ1v) is 6.19. The number of ether oxygens (including phenoxy) is 2. The second-order valence-electron chi connectivity index (χ2n) is 3.93. The predicted molar refractivity (Wildman–Crippen MR) is 72.7 cm³/mol. The lowest BCUT2D eigenvalue weighted by atomic mass is 10.2. The fraction of sp³-hybridized carbons (Fsp3) is 0.462. The van der Waals surface area contributed by atoms with E-state index in [-0.39, 0.29) is 17.5 Å². The SMILES string of the molecule is COCCNC(=O)c1ccc(C(=O)NCCOC)nc1. The Bertz CT molecular complexity index is 393. The summed E-state index contributed by atoms with van der Waals surface area (Å²) in [6, 6.07) is 3.06. The van der Waals surface area contributed by atoms with Gasteiger partial charge in [-0.1, -0.05) is 0 Å². The van der Waals surface area contributed by atoms with E-state index in [1.54, 1.807) is 20.3 Å². The summed E-state index contributed by atoms with van der Waals surface area (Å²) in [5.41, 5.74) is 0.657. The highest BCUT2D eigenvalue weighted by Gasteiger charge is 2.09. The topological polar surface area (TPSA) is 89.5 Å². The molecule has 1 heterocycles. The summed E-state index contributed by atoms with van der Waals surface area (Å²) in [6.07, 6.45) is 1.37. The Morgan fingerprint density at radius 3 is 2.15 bits per heavy atom. The van der Waals surface area contributed by atoms with Gasteiger partial charge in [-0.2, -0.15) is 0 Å². The normalized spacial score (nSPS) is 10.1. The van der Waals surface area contributed by atoms with Crippen molar-refractivity contribution in [2.45, 2.75) is 0 Å². The summed E-state index contributed by atoms with van der Waals surface area (Å²) >= 11 is 0. The van der Waals surface area contributed by atoms with Crippen LogP contribution in [0.1, 0.15) is 20.8 Å². The third-order valence-corrected chi connectivity index (χ3v) is 2.44. The molecular formula is C13H19N3O4. The maximum atomic E-state index is 11.7. The molecule has 0 radical (unpaired) electrons. The second kappa shape index (κ2) is 9.00. The van der Waals surface area contributed by atoms with Gasteiger partial charge in [0.2, 0.25) is 0 Å². The van der Waals surface area contributed by atoms with E-state index in [1.165, 1.54) is 12.3 Å². The first kappa shape index (κ1) is 16.1. The highest BCUT2D eigenvalue weighted by atomic mass is 16.5. The van der Waals surface area contributed by atoms with Crippen LogP contribution in [0.25, 0.3) is 0 Å². The molecule has 0 atom stereocenters. The monoisotopic (exact) mass is 281 g/mol. The van der Waals surface area contributed by atoms with Gasteiger partial charge in [-0.25, -0.2) is 0 Å². The van der Waals surface area contributed by atoms with E-state index >= 15 is 0 Å². The van der Waals surface area contributed by atoms with Crippen LogP contribution in [0.5, 0.6) is 0 Å². The number of nitrogens with one attached hydrogen (secondary N) is 2. The van der Waals surface area contributed by atoms with Crippen molar-refractivity contribution in [2.24, 2.45) is 0 Å². The molecule has 0 spiro atoms. The fourth-order valence-electron chi connectivity index (χ4n) is 1.39. The lowest BCUT2D eigenvalue weighted by Gasteiger charge is -2.06. The van der Waals surface area contributed by atoms with Crippen molar-refractivity contribution in [3.05, 3.63) is 29.6 Å². The maximum Gasteiger partial charge on any atom is 0.269 e. The first-order valence-electron chi connectivity index (χ1n) is 6.19. The third kappa shape index (κ3) is 5.33. The molecule has 2 amide bonds. The van der Waals surface area contributed by atoms with E-state index in [1.807, 2.05) is 0 Å². The van der Waals surface area contributed by atoms with Crippen molar-refractivity contribution in [1.29, 1.82) is 0 Å². The quantitative estimate of drug-likeness (QED) is 0.646. The van der Waals surface area contributed by atoms with E-state index in [9.17, 15) is 9.59 Å². The summed E-state index contributed by atoms with van der Waals surface area (Å²) in [6.45, 7) is 1.72. The minimum atomic E-state index is -0.298. The number of methoxy groups -OCH3 is 2. The van der Waals surface area contributed by atoms with Gasteiger partial charge >= 0.3 is 0 Å². The number of carbonyl (C=O) groups excluding carboxylic acids is 2. The van der Waals surface area contributed by atoms with E-state index in [0.29, 0.717) is 31.9 Å². The minimum Gasteiger partial charge on any atom is -0.383 e. The van der Waals surface area contributed by atoms with Gasteiger partial charge in [0.15, 0.2) is 0 Å².